The molecule has 0 aliphatic carbocycles. The van der Waals surface area contributed by atoms with Crippen LogP contribution in [0.25, 0.3) is 0 Å². The van der Waals surface area contributed by atoms with Crippen molar-refractivity contribution >= 4 is 11.7 Å². The van der Waals surface area contributed by atoms with Crippen LogP contribution in [-0.2, 0) is 11.2 Å². The van der Waals surface area contributed by atoms with Crippen LogP contribution in [0.5, 0.6) is 0 Å². The highest BCUT2D eigenvalue weighted by atomic mass is 16.1. The van der Waals surface area contributed by atoms with Crippen LogP contribution in [0.4, 0.5) is 5.82 Å². The lowest BCUT2D eigenvalue weighted by Gasteiger charge is -2.07. The molecule has 1 aromatic rings. The fourth-order valence-electron chi connectivity index (χ4n) is 1.38. The maximum absolute atomic E-state index is 11.4. The number of carbonyl (C=O) groups is 1. The molecule has 0 bridgehead atoms. The van der Waals surface area contributed by atoms with E-state index in [1.54, 1.807) is 0 Å². The van der Waals surface area contributed by atoms with Gasteiger partial charge < -0.3 is 10.6 Å². The summed E-state index contributed by atoms with van der Waals surface area (Å²) >= 11 is 0. The van der Waals surface area contributed by atoms with Gasteiger partial charge in [-0.25, -0.2) is 9.97 Å². The second kappa shape index (κ2) is 7.60. The van der Waals surface area contributed by atoms with Gasteiger partial charge in [-0.1, -0.05) is 20.3 Å². The molecule has 0 aliphatic heterocycles. The summed E-state index contributed by atoms with van der Waals surface area (Å²) in [7, 11) is 0. The first-order chi connectivity index (χ1) is 8.26. The molecule has 1 heterocycles. The average molecular weight is 236 g/mol. The number of hydrogen-bond donors (Lipinski definition) is 2. The molecular weight excluding hydrogens is 216 g/mol. The summed E-state index contributed by atoms with van der Waals surface area (Å²) < 4.78 is 0. The van der Waals surface area contributed by atoms with Gasteiger partial charge in [-0.15, -0.1) is 0 Å². The Morgan fingerprint density at radius 2 is 2.12 bits per heavy atom. The number of amides is 1. The molecule has 0 spiro atoms. The molecule has 0 saturated carbocycles. The van der Waals surface area contributed by atoms with Crippen molar-refractivity contribution in [3.05, 3.63) is 18.1 Å². The number of aryl methyl sites for hydroxylation is 1. The quantitative estimate of drug-likeness (QED) is 0.750. The second-order valence-electron chi connectivity index (χ2n) is 3.85. The van der Waals surface area contributed by atoms with E-state index < -0.39 is 0 Å². The molecule has 0 radical (unpaired) electrons. The van der Waals surface area contributed by atoms with Gasteiger partial charge in [0.05, 0.1) is 6.54 Å². The molecule has 5 nitrogen and oxygen atoms in total. The van der Waals surface area contributed by atoms with Crippen LogP contribution < -0.4 is 10.6 Å². The van der Waals surface area contributed by atoms with E-state index in [4.69, 9.17) is 0 Å². The summed E-state index contributed by atoms with van der Waals surface area (Å²) in [6, 6.07) is 1.89. The summed E-state index contributed by atoms with van der Waals surface area (Å²) in [6.45, 7) is 5.09. The fraction of sp³-hybridized carbons (Fsp3) is 0.583. The predicted octanol–water partition coefficient (Wildman–Crippen LogP) is 1.37. The van der Waals surface area contributed by atoms with Crippen LogP contribution in [0.1, 0.15) is 32.4 Å². The molecule has 0 fully saturated rings. The number of aromatic nitrogens is 2. The van der Waals surface area contributed by atoms with Gasteiger partial charge in [-0.05, 0) is 12.8 Å². The highest BCUT2D eigenvalue weighted by Crippen LogP contribution is 2.05. The minimum absolute atomic E-state index is 0.0116. The lowest BCUT2D eigenvalue weighted by molar-refractivity contribution is -0.119. The zero-order chi connectivity index (χ0) is 12.5. The molecule has 2 N–H and O–H groups in total. The number of anilines is 1. The van der Waals surface area contributed by atoms with Crippen molar-refractivity contribution in [2.45, 2.75) is 33.1 Å². The van der Waals surface area contributed by atoms with Crippen molar-refractivity contribution in [3.63, 3.8) is 0 Å². The van der Waals surface area contributed by atoms with Crippen molar-refractivity contribution in [2.24, 2.45) is 0 Å². The summed E-state index contributed by atoms with van der Waals surface area (Å²) in [5, 5.41) is 5.79. The summed E-state index contributed by atoms with van der Waals surface area (Å²) in [5.41, 5.74) is 0.999. The number of carbonyl (C=O) groups excluding carboxylic acids is 1. The third-order valence-corrected chi connectivity index (χ3v) is 2.23. The van der Waals surface area contributed by atoms with Crippen molar-refractivity contribution in [1.82, 2.24) is 15.3 Å². The Balaban J connectivity index is 2.40. The van der Waals surface area contributed by atoms with Gasteiger partial charge in [0.2, 0.25) is 5.91 Å². The van der Waals surface area contributed by atoms with E-state index in [1.165, 1.54) is 6.33 Å². The van der Waals surface area contributed by atoms with Crippen molar-refractivity contribution < 1.29 is 4.79 Å². The summed E-state index contributed by atoms with van der Waals surface area (Å²) in [5.74, 6) is 0.692. The van der Waals surface area contributed by atoms with Crippen molar-refractivity contribution in [2.75, 3.05) is 18.4 Å². The Kier molecular flexibility index (Phi) is 5.99. The highest BCUT2D eigenvalue weighted by Gasteiger charge is 2.01. The number of rotatable bonds is 7. The van der Waals surface area contributed by atoms with Crippen LogP contribution in [0, 0.1) is 0 Å². The lowest BCUT2D eigenvalue weighted by atomic mass is 10.2. The number of nitrogens with zero attached hydrogens (tertiary/aromatic N) is 2. The lowest BCUT2D eigenvalue weighted by Crippen LogP contribution is -2.30. The molecule has 17 heavy (non-hydrogen) atoms. The van der Waals surface area contributed by atoms with E-state index >= 15 is 0 Å². The van der Waals surface area contributed by atoms with Gasteiger partial charge in [0.15, 0.2) is 0 Å². The van der Waals surface area contributed by atoms with E-state index in [-0.39, 0.29) is 12.5 Å². The average Bonchev–Trinajstić information content (AvgIpc) is 2.35. The first-order valence-electron chi connectivity index (χ1n) is 6.07. The standard InChI is InChI=1S/C12H20N4O/c1-3-5-10-7-11(16-9-15-10)14-8-12(17)13-6-4-2/h7,9H,3-6,8H2,1-2H3,(H,13,17)(H,14,15,16). The van der Waals surface area contributed by atoms with Crippen LogP contribution in [0.3, 0.4) is 0 Å². The molecular formula is C12H20N4O. The van der Waals surface area contributed by atoms with Crippen molar-refractivity contribution in [1.29, 1.82) is 0 Å². The number of hydrogen-bond acceptors (Lipinski definition) is 4. The van der Waals surface area contributed by atoms with E-state index in [9.17, 15) is 4.79 Å². The molecule has 0 aromatic carbocycles. The van der Waals surface area contributed by atoms with Gasteiger partial charge in [-0.3, -0.25) is 4.79 Å². The Labute approximate surface area is 102 Å². The molecule has 0 atom stereocenters. The molecule has 0 saturated heterocycles. The predicted molar refractivity (Wildman–Crippen MR) is 67.8 cm³/mol. The normalized spacial score (nSPS) is 10.0. The summed E-state index contributed by atoms with van der Waals surface area (Å²) in [6.07, 6.45) is 4.45. The van der Waals surface area contributed by atoms with Crippen LogP contribution >= 0.6 is 0 Å². The Morgan fingerprint density at radius 1 is 1.29 bits per heavy atom. The van der Waals surface area contributed by atoms with Gasteiger partial charge in [0.1, 0.15) is 12.1 Å². The third-order valence-electron chi connectivity index (χ3n) is 2.23. The second-order valence-corrected chi connectivity index (χ2v) is 3.85. The number of nitrogens with one attached hydrogen (secondary N) is 2. The van der Waals surface area contributed by atoms with E-state index in [0.29, 0.717) is 12.4 Å². The Morgan fingerprint density at radius 3 is 2.82 bits per heavy atom. The van der Waals surface area contributed by atoms with Gasteiger partial charge >= 0.3 is 0 Å². The van der Waals surface area contributed by atoms with Gasteiger partial charge in [-0.2, -0.15) is 0 Å². The SMILES string of the molecule is CCCNC(=O)CNc1cc(CCC)ncn1. The Hall–Kier alpha value is -1.65. The van der Waals surface area contributed by atoms with E-state index in [0.717, 1.165) is 25.0 Å². The van der Waals surface area contributed by atoms with E-state index in [2.05, 4.69) is 27.5 Å². The van der Waals surface area contributed by atoms with Crippen LogP contribution in [0.2, 0.25) is 0 Å². The van der Waals surface area contributed by atoms with Gasteiger partial charge in [0.25, 0.3) is 0 Å². The molecule has 94 valence electrons. The summed E-state index contributed by atoms with van der Waals surface area (Å²) in [4.78, 5) is 19.6. The minimum Gasteiger partial charge on any atom is -0.361 e. The largest absolute Gasteiger partial charge is 0.361 e. The maximum Gasteiger partial charge on any atom is 0.239 e. The zero-order valence-corrected chi connectivity index (χ0v) is 10.5. The van der Waals surface area contributed by atoms with E-state index in [1.807, 2.05) is 13.0 Å². The molecule has 0 aliphatic rings. The van der Waals surface area contributed by atoms with Crippen molar-refractivity contribution in [3.8, 4) is 0 Å². The van der Waals surface area contributed by atoms with Crippen LogP contribution in [-0.4, -0.2) is 29.0 Å². The first kappa shape index (κ1) is 13.4. The van der Waals surface area contributed by atoms with Crippen LogP contribution in [0.15, 0.2) is 12.4 Å². The topological polar surface area (TPSA) is 66.9 Å². The molecule has 1 amide bonds. The zero-order valence-electron chi connectivity index (χ0n) is 10.5. The smallest absolute Gasteiger partial charge is 0.239 e. The Bertz CT molecular complexity index is 354. The minimum atomic E-state index is -0.0116. The first-order valence-corrected chi connectivity index (χ1v) is 6.07. The highest BCUT2D eigenvalue weighted by molar-refractivity contribution is 5.80. The maximum atomic E-state index is 11.4. The van der Waals surface area contributed by atoms with Gasteiger partial charge in [0, 0.05) is 18.3 Å². The molecule has 0 unspecified atom stereocenters. The molecule has 5 heteroatoms. The fourth-order valence-corrected chi connectivity index (χ4v) is 1.38. The molecule has 1 rings (SSSR count). The molecule has 1 aromatic heterocycles. The monoisotopic (exact) mass is 236 g/mol. The third kappa shape index (κ3) is 5.29.